The van der Waals surface area contributed by atoms with Crippen molar-refractivity contribution in [1.29, 1.82) is 0 Å². The molecule has 6 nitrogen and oxygen atoms in total. The minimum atomic E-state index is 0.486. The van der Waals surface area contributed by atoms with Gasteiger partial charge in [0.15, 0.2) is 5.82 Å². The van der Waals surface area contributed by atoms with E-state index in [9.17, 15) is 0 Å². The van der Waals surface area contributed by atoms with Crippen molar-refractivity contribution in [3.8, 4) is 0 Å². The highest BCUT2D eigenvalue weighted by molar-refractivity contribution is 5.00. The number of aromatic nitrogens is 5. The van der Waals surface area contributed by atoms with Gasteiger partial charge in [-0.2, -0.15) is 0 Å². The van der Waals surface area contributed by atoms with Crippen molar-refractivity contribution in [2.45, 2.75) is 26.6 Å². The van der Waals surface area contributed by atoms with Crippen LogP contribution >= 0.6 is 0 Å². The van der Waals surface area contributed by atoms with Crippen LogP contribution in [-0.4, -0.2) is 24.3 Å². The van der Waals surface area contributed by atoms with Crippen LogP contribution in [0.3, 0.4) is 0 Å². The van der Waals surface area contributed by atoms with Gasteiger partial charge in [0, 0.05) is 19.3 Å². The van der Waals surface area contributed by atoms with E-state index >= 15 is 0 Å². The van der Waals surface area contributed by atoms with Gasteiger partial charge in [-0.1, -0.05) is 0 Å². The first kappa shape index (κ1) is 9.85. The molecular formula is C9H14N6. The molecule has 15 heavy (non-hydrogen) atoms. The Labute approximate surface area is 87.8 Å². The number of hydrogen-bond acceptors (Lipinski definition) is 4. The maximum atomic E-state index is 5.59. The summed E-state index contributed by atoms with van der Waals surface area (Å²) in [6, 6.07) is 0. The van der Waals surface area contributed by atoms with Crippen molar-refractivity contribution >= 4 is 0 Å². The van der Waals surface area contributed by atoms with Gasteiger partial charge in [-0.05, 0) is 6.92 Å². The lowest BCUT2D eigenvalue weighted by Crippen LogP contribution is -2.11. The highest BCUT2D eigenvalue weighted by Crippen LogP contribution is 2.03. The van der Waals surface area contributed by atoms with E-state index in [1.165, 1.54) is 0 Å². The molecule has 2 aromatic rings. The molecule has 0 aliphatic rings. The predicted octanol–water partition coefficient (Wildman–Crippen LogP) is 0.00150. The molecule has 6 heteroatoms. The van der Waals surface area contributed by atoms with Gasteiger partial charge in [0.25, 0.3) is 0 Å². The molecule has 0 bridgehead atoms. The molecule has 0 saturated carbocycles. The molecule has 0 atom stereocenters. The van der Waals surface area contributed by atoms with Crippen molar-refractivity contribution < 1.29 is 0 Å². The van der Waals surface area contributed by atoms with Gasteiger partial charge < -0.3 is 14.9 Å². The van der Waals surface area contributed by atoms with E-state index in [0.29, 0.717) is 13.1 Å². The molecule has 0 aliphatic carbocycles. The highest BCUT2D eigenvalue weighted by Gasteiger charge is 2.06. The summed E-state index contributed by atoms with van der Waals surface area (Å²) in [5.41, 5.74) is 6.59. The van der Waals surface area contributed by atoms with Crippen molar-refractivity contribution in [3.63, 3.8) is 0 Å². The fraction of sp³-hybridized carbons (Fsp3) is 0.444. The summed E-state index contributed by atoms with van der Waals surface area (Å²) in [5, 5.41) is 7.94. The second-order valence-electron chi connectivity index (χ2n) is 3.25. The molecule has 0 radical (unpaired) electrons. The third-order valence-electron chi connectivity index (χ3n) is 2.36. The van der Waals surface area contributed by atoms with Crippen LogP contribution in [0.25, 0.3) is 0 Å². The zero-order valence-electron chi connectivity index (χ0n) is 8.67. The van der Waals surface area contributed by atoms with Gasteiger partial charge in [-0.15, -0.1) is 10.2 Å². The van der Waals surface area contributed by atoms with Crippen molar-refractivity contribution in [2.75, 3.05) is 0 Å². The minimum absolute atomic E-state index is 0.486. The van der Waals surface area contributed by atoms with E-state index in [0.717, 1.165) is 18.1 Å². The zero-order valence-corrected chi connectivity index (χ0v) is 8.67. The number of nitrogens with two attached hydrogens (primary N) is 1. The molecule has 2 rings (SSSR count). The fourth-order valence-electron chi connectivity index (χ4n) is 1.48. The van der Waals surface area contributed by atoms with Crippen molar-refractivity contribution in [3.05, 3.63) is 30.4 Å². The molecule has 0 unspecified atom stereocenters. The molecule has 2 aromatic heterocycles. The summed E-state index contributed by atoms with van der Waals surface area (Å²) < 4.78 is 3.98. The molecule has 2 N–H and O–H groups in total. The van der Waals surface area contributed by atoms with E-state index in [1.807, 2.05) is 9.13 Å². The third-order valence-corrected chi connectivity index (χ3v) is 2.36. The Bertz CT molecular complexity index is 389. The van der Waals surface area contributed by atoms with Crippen molar-refractivity contribution in [1.82, 2.24) is 24.3 Å². The average molecular weight is 206 g/mol. The summed E-state index contributed by atoms with van der Waals surface area (Å²) >= 11 is 0. The topological polar surface area (TPSA) is 74.5 Å². The van der Waals surface area contributed by atoms with E-state index < -0.39 is 0 Å². The van der Waals surface area contributed by atoms with Crippen LogP contribution in [0.15, 0.2) is 18.9 Å². The smallest absolute Gasteiger partial charge is 0.152 e. The van der Waals surface area contributed by atoms with Gasteiger partial charge in [-0.3, -0.25) is 0 Å². The molecule has 0 aliphatic heterocycles. The minimum Gasteiger partial charge on any atom is -0.326 e. The Balaban J connectivity index is 2.21. The SMILES string of the molecule is CCn1cnnc1Cn1cncc1CN. The van der Waals surface area contributed by atoms with E-state index in [-0.39, 0.29) is 0 Å². The molecule has 0 fully saturated rings. The second-order valence-corrected chi connectivity index (χ2v) is 3.25. The van der Waals surface area contributed by atoms with E-state index in [4.69, 9.17) is 5.73 Å². The largest absolute Gasteiger partial charge is 0.326 e. The summed E-state index contributed by atoms with van der Waals surface area (Å²) in [5.74, 6) is 0.921. The maximum Gasteiger partial charge on any atom is 0.152 e. The first-order valence-electron chi connectivity index (χ1n) is 4.91. The van der Waals surface area contributed by atoms with Crippen LogP contribution in [-0.2, 0) is 19.6 Å². The summed E-state index contributed by atoms with van der Waals surface area (Å²) in [7, 11) is 0. The van der Waals surface area contributed by atoms with Gasteiger partial charge in [0.2, 0.25) is 0 Å². The molecule has 0 aromatic carbocycles. The second kappa shape index (κ2) is 4.22. The number of imidazole rings is 1. The summed E-state index contributed by atoms with van der Waals surface area (Å²) in [4.78, 5) is 4.05. The lowest BCUT2D eigenvalue weighted by Gasteiger charge is -2.06. The number of hydrogen-bond donors (Lipinski definition) is 1. The van der Waals surface area contributed by atoms with Crippen LogP contribution in [0.2, 0.25) is 0 Å². The Kier molecular flexibility index (Phi) is 2.77. The van der Waals surface area contributed by atoms with Gasteiger partial charge >= 0.3 is 0 Å². The van der Waals surface area contributed by atoms with Crippen LogP contribution < -0.4 is 5.73 Å². The Morgan fingerprint density at radius 3 is 2.93 bits per heavy atom. The number of aryl methyl sites for hydroxylation is 1. The van der Waals surface area contributed by atoms with E-state index in [1.54, 1.807) is 18.9 Å². The molecule has 0 saturated heterocycles. The molecule has 2 heterocycles. The summed E-state index contributed by atoms with van der Waals surface area (Å²) in [6.45, 7) is 4.08. The van der Waals surface area contributed by atoms with Gasteiger partial charge in [-0.25, -0.2) is 4.98 Å². The van der Waals surface area contributed by atoms with Crippen LogP contribution in [0.5, 0.6) is 0 Å². The monoisotopic (exact) mass is 206 g/mol. The van der Waals surface area contributed by atoms with E-state index in [2.05, 4.69) is 22.1 Å². The van der Waals surface area contributed by atoms with Crippen LogP contribution in [0.1, 0.15) is 18.4 Å². The van der Waals surface area contributed by atoms with Crippen LogP contribution in [0, 0.1) is 0 Å². The Morgan fingerprint density at radius 1 is 1.33 bits per heavy atom. The fourth-order valence-corrected chi connectivity index (χ4v) is 1.48. The van der Waals surface area contributed by atoms with Crippen molar-refractivity contribution in [2.24, 2.45) is 5.73 Å². The van der Waals surface area contributed by atoms with Gasteiger partial charge in [0.05, 0.1) is 18.6 Å². The number of nitrogens with zero attached hydrogens (tertiary/aromatic N) is 5. The Hall–Kier alpha value is -1.69. The lowest BCUT2D eigenvalue weighted by molar-refractivity contribution is 0.635. The first-order chi connectivity index (χ1) is 7.35. The maximum absolute atomic E-state index is 5.59. The molecular weight excluding hydrogens is 192 g/mol. The van der Waals surface area contributed by atoms with Gasteiger partial charge in [0.1, 0.15) is 6.33 Å². The lowest BCUT2D eigenvalue weighted by atomic mass is 10.4. The molecule has 80 valence electrons. The highest BCUT2D eigenvalue weighted by atomic mass is 15.3. The predicted molar refractivity (Wildman–Crippen MR) is 54.9 cm³/mol. The van der Waals surface area contributed by atoms with Crippen LogP contribution in [0.4, 0.5) is 0 Å². The normalized spacial score (nSPS) is 10.8. The average Bonchev–Trinajstić information content (AvgIpc) is 2.87. The number of rotatable bonds is 4. The third kappa shape index (κ3) is 1.89. The zero-order chi connectivity index (χ0) is 10.7. The molecule has 0 amide bonds. The standard InChI is InChI=1S/C9H14N6/c1-2-14-7-12-13-9(14)5-15-6-11-4-8(15)3-10/h4,6-7H,2-3,5,10H2,1H3. The molecule has 0 spiro atoms. The quantitative estimate of drug-likeness (QED) is 0.764. The Morgan fingerprint density at radius 2 is 2.20 bits per heavy atom. The summed E-state index contributed by atoms with van der Waals surface area (Å²) in [6.07, 6.45) is 5.26. The first-order valence-corrected chi connectivity index (χ1v) is 4.91.